The minimum Gasteiger partial charge on any atom is -0.366 e. The first-order valence-electron chi connectivity index (χ1n) is 11.6. The number of amides is 2. The molecule has 4 aromatic rings. The van der Waals surface area contributed by atoms with E-state index in [0.29, 0.717) is 11.6 Å². The van der Waals surface area contributed by atoms with Gasteiger partial charge < -0.3 is 16.0 Å². The van der Waals surface area contributed by atoms with Gasteiger partial charge in [-0.2, -0.15) is 9.61 Å². The van der Waals surface area contributed by atoms with E-state index in [-0.39, 0.29) is 12.1 Å². The SMILES string of the molecule is Cc1cnn2c(NCc3cccc(NC(=O)NC4CCCC4)c3)cc(-c3ccccc3Cl)nc12. The van der Waals surface area contributed by atoms with Gasteiger partial charge in [0.05, 0.1) is 11.9 Å². The first-order chi connectivity index (χ1) is 16.6. The van der Waals surface area contributed by atoms with Crippen LogP contribution in [0.2, 0.25) is 5.02 Å². The maximum Gasteiger partial charge on any atom is 0.319 e. The molecule has 1 aliphatic carbocycles. The van der Waals surface area contributed by atoms with Crippen molar-refractivity contribution in [3.63, 3.8) is 0 Å². The van der Waals surface area contributed by atoms with Crippen LogP contribution in [0.3, 0.4) is 0 Å². The Labute approximate surface area is 203 Å². The van der Waals surface area contributed by atoms with Gasteiger partial charge in [0.25, 0.3) is 0 Å². The average Bonchev–Trinajstić information content (AvgIpc) is 3.48. The summed E-state index contributed by atoms with van der Waals surface area (Å²) in [6.45, 7) is 2.54. The summed E-state index contributed by atoms with van der Waals surface area (Å²) >= 11 is 6.44. The molecule has 5 rings (SSSR count). The van der Waals surface area contributed by atoms with E-state index >= 15 is 0 Å². The molecular formula is C26H27ClN6O. The second kappa shape index (κ2) is 9.73. The number of fused-ring (bicyclic) bond motifs is 1. The van der Waals surface area contributed by atoms with E-state index in [1.165, 1.54) is 12.8 Å². The van der Waals surface area contributed by atoms with Gasteiger partial charge in [-0.15, -0.1) is 0 Å². The molecule has 0 bridgehead atoms. The number of aromatic nitrogens is 3. The highest BCUT2D eigenvalue weighted by Gasteiger charge is 2.17. The zero-order valence-electron chi connectivity index (χ0n) is 19.0. The lowest BCUT2D eigenvalue weighted by atomic mass is 10.1. The molecule has 7 nitrogen and oxygen atoms in total. The summed E-state index contributed by atoms with van der Waals surface area (Å²) in [5, 5.41) is 14.6. The Morgan fingerprint density at radius 2 is 1.94 bits per heavy atom. The molecule has 0 spiro atoms. The summed E-state index contributed by atoms with van der Waals surface area (Å²) in [5.41, 5.74) is 5.21. The molecule has 0 saturated heterocycles. The van der Waals surface area contributed by atoms with Gasteiger partial charge >= 0.3 is 6.03 Å². The first kappa shape index (κ1) is 22.2. The van der Waals surface area contributed by atoms with Gasteiger partial charge in [-0.25, -0.2) is 9.78 Å². The predicted molar refractivity (Wildman–Crippen MR) is 136 cm³/mol. The fraction of sp³-hybridized carbons (Fsp3) is 0.269. The molecule has 1 aliphatic rings. The van der Waals surface area contributed by atoms with Crippen LogP contribution >= 0.6 is 11.6 Å². The lowest BCUT2D eigenvalue weighted by Gasteiger charge is -2.14. The van der Waals surface area contributed by atoms with E-state index < -0.39 is 0 Å². The van der Waals surface area contributed by atoms with E-state index in [4.69, 9.17) is 16.6 Å². The van der Waals surface area contributed by atoms with Crippen molar-refractivity contribution in [2.45, 2.75) is 45.2 Å². The molecule has 2 amide bonds. The van der Waals surface area contributed by atoms with Crippen LogP contribution in [-0.2, 0) is 6.54 Å². The van der Waals surface area contributed by atoms with Crippen molar-refractivity contribution in [3.05, 3.63) is 76.9 Å². The zero-order valence-corrected chi connectivity index (χ0v) is 19.8. The molecular weight excluding hydrogens is 448 g/mol. The number of urea groups is 1. The molecule has 1 saturated carbocycles. The van der Waals surface area contributed by atoms with Crippen molar-refractivity contribution < 1.29 is 4.79 Å². The summed E-state index contributed by atoms with van der Waals surface area (Å²) in [6, 6.07) is 17.6. The Hall–Kier alpha value is -3.58. The summed E-state index contributed by atoms with van der Waals surface area (Å²) in [5.74, 6) is 0.811. The first-order valence-corrected chi connectivity index (χ1v) is 12.0. The molecule has 2 aromatic carbocycles. The van der Waals surface area contributed by atoms with Gasteiger partial charge in [-0.1, -0.05) is 54.8 Å². The van der Waals surface area contributed by atoms with Gasteiger partial charge in [0.2, 0.25) is 0 Å². The maximum atomic E-state index is 12.3. The van der Waals surface area contributed by atoms with E-state index in [9.17, 15) is 4.79 Å². The topological polar surface area (TPSA) is 83.3 Å². The predicted octanol–water partition coefficient (Wildman–Crippen LogP) is 6.03. The van der Waals surface area contributed by atoms with Crippen molar-refractivity contribution >= 4 is 34.8 Å². The quantitative estimate of drug-likeness (QED) is 0.318. The summed E-state index contributed by atoms with van der Waals surface area (Å²) in [7, 11) is 0. The number of hydrogen-bond donors (Lipinski definition) is 3. The molecule has 0 atom stereocenters. The number of anilines is 2. The molecule has 2 aromatic heterocycles. The number of aryl methyl sites for hydroxylation is 1. The Bertz CT molecular complexity index is 1330. The molecule has 8 heteroatoms. The minimum absolute atomic E-state index is 0.149. The minimum atomic E-state index is -0.149. The maximum absolute atomic E-state index is 12.3. The van der Waals surface area contributed by atoms with E-state index in [0.717, 1.165) is 52.4 Å². The highest BCUT2D eigenvalue weighted by atomic mass is 35.5. The lowest BCUT2D eigenvalue weighted by molar-refractivity contribution is 0.248. The molecule has 34 heavy (non-hydrogen) atoms. The van der Waals surface area contributed by atoms with E-state index in [1.54, 1.807) is 10.7 Å². The van der Waals surface area contributed by atoms with Crippen LogP contribution in [-0.4, -0.2) is 26.7 Å². The molecule has 0 aliphatic heterocycles. The van der Waals surface area contributed by atoms with Gasteiger partial charge in [-0.05, 0) is 43.5 Å². The summed E-state index contributed by atoms with van der Waals surface area (Å²) < 4.78 is 1.80. The Kier molecular flexibility index (Phi) is 6.36. The highest BCUT2D eigenvalue weighted by Crippen LogP contribution is 2.29. The molecule has 174 valence electrons. The monoisotopic (exact) mass is 474 g/mol. The van der Waals surface area contributed by atoms with Crippen LogP contribution in [0.1, 0.15) is 36.8 Å². The molecule has 3 N–H and O–H groups in total. The fourth-order valence-electron chi connectivity index (χ4n) is 4.38. The fourth-order valence-corrected chi connectivity index (χ4v) is 4.61. The van der Waals surface area contributed by atoms with Crippen molar-refractivity contribution in [2.75, 3.05) is 10.6 Å². The van der Waals surface area contributed by atoms with Crippen molar-refractivity contribution in [1.82, 2.24) is 19.9 Å². The number of nitrogens with one attached hydrogen (secondary N) is 3. The third kappa shape index (κ3) is 4.84. The molecule has 0 unspecified atom stereocenters. The number of rotatable bonds is 6. The van der Waals surface area contributed by atoms with E-state index in [1.807, 2.05) is 61.5 Å². The van der Waals surface area contributed by atoms with Crippen LogP contribution < -0.4 is 16.0 Å². The smallest absolute Gasteiger partial charge is 0.319 e. The van der Waals surface area contributed by atoms with Crippen LogP contribution in [0.25, 0.3) is 16.9 Å². The number of halogens is 1. The van der Waals surface area contributed by atoms with Gasteiger partial charge in [0, 0.05) is 40.5 Å². The number of benzene rings is 2. The molecule has 2 heterocycles. The molecule has 0 radical (unpaired) electrons. The Morgan fingerprint density at radius 1 is 1.12 bits per heavy atom. The van der Waals surface area contributed by atoms with Gasteiger partial charge in [-0.3, -0.25) is 0 Å². The third-order valence-corrected chi connectivity index (χ3v) is 6.48. The Balaban J connectivity index is 1.34. The Morgan fingerprint density at radius 3 is 2.76 bits per heavy atom. The second-order valence-electron chi connectivity index (χ2n) is 8.70. The van der Waals surface area contributed by atoms with Crippen LogP contribution in [0, 0.1) is 6.92 Å². The second-order valence-corrected chi connectivity index (χ2v) is 9.11. The van der Waals surface area contributed by atoms with E-state index in [2.05, 4.69) is 21.0 Å². The van der Waals surface area contributed by atoms with Crippen LogP contribution in [0.5, 0.6) is 0 Å². The average molecular weight is 475 g/mol. The van der Waals surface area contributed by atoms with Crippen molar-refractivity contribution in [3.8, 4) is 11.3 Å². The number of nitrogens with zero attached hydrogens (tertiary/aromatic N) is 3. The summed E-state index contributed by atoms with van der Waals surface area (Å²) in [6.07, 6.45) is 6.28. The van der Waals surface area contributed by atoms with Gasteiger partial charge in [0.1, 0.15) is 5.82 Å². The molecule has 1 fully saturated rings. The third-order valence-electron chi connectivity index (χ3n) is 6.15. The number of carbonyl (C=O) groups excluding carboxylic acids is 1. The number of carbonyl (C=O) groups is 1. The highest BCUT2D eigenvalue weighted by molar-refractivity contribution is 6.33. The zero-order chi connectivity index (χ0) is 23.5. The van der Waals surface area contributed by atoms with Crippen LogP contribution in [0.15, 0.2) is 60.8 Å². The van der Waals surface area contributed by atoms with Crippen molar-refractivity contribution in [2.24, 2.45) is 0 Å². The van der Waals surface area contributed by atoms with Crippen molar-refractivity contribution in [1.29, 1.82) is 0 Å². The largest absolute Gasteiger partial charge is 0.366 e. The lowest BCUT2D eigenvalue weighted by Crippen LogP contribution is -2.36. The standard InChI is InChI=1S/C26H27ClN6O/c1-17-15-29-33-24(14-23(32-25(17)33)21-11-4-5-12-22(21)27)28-16-18-7-6-10-20(13-18)31-26(34)30-19-8-2-3-9-19/h4-7,10-15,19,28H,2-3,8-9,16H2,1H3,(H2,30,31,34). The number of hydrogen-bond acceptors (Lipinski definition) is 4. The van der Waals surface area contributed by atoms with Crippen LogP contribution in [0.4, 0.5) is 16.3 Å². The summed E-state index contributed by atoms with van der Waals surface area (Å²) in [4.78, 5) is 17.1. The normalized spacial score (nSPS) is 13.8. The van der Waals surface area contributed by atoms with Gasteiger partial charge in [0.15, 0.2) is 5.65 Å².